The van der Waals surface area contributed by atoms with Crippen LogP contribution in [0, 0.1) is 11.3 Å². The minimum absolute atomic E-state index is 0.0201. The Hall–Kier alpha value is -1.59. The summed E-state index contributed by atoms with van der Waals surface area (Å²) in [6.45, 7) is 1.89. The third-order valence-corrected chi connectivity index (χ3v) is 1.66. The van der Waals surface area contributed by atoms with Gasteiger partial charge in [0.05, 0.1) is 11.6 Å². The Balaban J connectivity index is 2.95. The third-order valence-electron chi connectivity index (χ3n) is 1.66. The van der Waals surface area contributed by atoms with Gasteiger partial charge < -0.3 is 5.73 Å². The molecule has 0 bridgehead atoms. The van der Waals surface area contributed by atoms with Crippen LogP contribution in [0.1, 0.15) is 18.1 Å². The molecule has 2 heteroatoms. The van der Waals surface area contributed by atoms with Crippen molar-refractivity contribution in [3.05, 3.63) is 41.5 Å². The maximum Gasteiger partial charge on any atom is 0.0997 e. The Bertz CT molecular complexity index is 345. The topological polar surface area (TPSA) is 49.8 Å². The average molecular weight is 172 g/mol. The predicted molar refractivity (Wildman–Crippen MR) is 53.8 cm³/mol. The minimum atomic E-state index is 0.0201. The molecule has 0 aliphatic rings. The van der Waals surface area contributed by atoms with E-state index in [0.717, 1.165) is 5.56 Å². The highest BCUT2D eigenvalue weighted by Gasteiger charge is 1.95. The number of hydrogen-bond acceptors (Lipinski definition) is 2. The van der Waals surface area contributed by atoms with Crippen LogP contribution in [0.4, 0.5) is 0 Å². The second kappa shape index (κ2) is 4.44. The molecule has 1 aromatic rings. The summed E-state index contributed by atoms with van der Waals surface area (Å²) < 4.78 is 0. The Morgan fingerprint density at radius 1 is 1.46 bits per heavy atom. The van der Waals surface area contributed by atoms with Crippen molar-refractivity contribution in [2.45, 2.75) is 13.0 Å². The van der Waals surface area contributed by atoms with E-state index in [1.165, 1.54) is 0 Å². The molecule has 13 heavy (non-hydrogen) atoms. The molecular weight excluding hydrogens is 160 g/mol. The Labute approximate surface area is 78.3 Å². The van der Waals surface area contributed by atoms with Gasteiger partial charge in [-0.05, 0) is 18.6 Å². The molecule has 2 nitrogen and oxygen atoms in total. The van der Waals surface area contributed by atoms with E-state index in [0.29, 0.717) is 5.56 Å². The minimum Gasteiger partial charge on any atom is -0.325 e. The quantitative estimate of drug-likeness (QED) is 0.740. The first-order chi connectivity index (χ1) is 6.24. The van der Waals surface area contributed by atoms with Crippen molar-refractivity contribution in [1.82, 2.24) is 0 Å². The Morgan fingerprint density at radius 2 is 2.15 bits per heavy atom. The third kappa shape index (κ3) is 2.73. The summed E-state index contributed by atoms with van der Waals surface area (Å²) in [4.78, 5) is 0. The van der Waals surface area contributed by atoms with Gasteiger partial charge in [0.25, 0.3) is 0 Å². The van der Waals surface area contributed by atoms with Crippen molar-refractivity contribution in [2.24, 2.45) is 5.73 Å². The van der Waals surface area contributed by atoms with Crippen LogP contribution in [0.2, 0.25) is 0 Å². The fraction of sp³-hybridized carbons (Fsp3) is 0.182. The summed E-state index contributed by atoms with van der Waals surface area (Å²) in [5.74, 6) is 0. The second-order valence-corrected chi connectivity index (χ2v) is 2.92. The maximum absolute atomic E-state index is 8.77. The van der Waals surface area contributed by atoms with Crippen LogP contribution in [-0.2, 0) is 0 Å². The summed E-state index contributed by atoms with van der Waals surface area (Å²) in [6.07, 6.45) is 3.75. The van der Waals surface area contributed by atoms with Crippen molar-refractivity contribution in [1.29, 1.82) is 5.26 Å². The van der Waals surface area contributed by atoms with Gasteiger partial charge in [0.2, 0.25) is 0 Å². The average Bonchev–Trinajstić information content (AvgIpc) is 2.15. The fourth-order valence-electron chi connectivity index (χ4n) is 1.000. The summed E-state index contributed by atoms with van der Waals surface area (Å²) in [5.41, 5.74) is 7.16. The summed E-state index contributed by atoms with van der Waals surface area (Å²) in [7, 11) is 0. The Kier molecular flexibility index (Phi) is 3.24. The van der Waals surface area contributed by atoms with Gasteiger partial charge in [0.1, 0.15) is 0 Å². The van der Waals surface area contributed by atoms with Gasteiger partial charge in [-0.25, -0.2) is 0 Å². The van der Waals surface area contributed by atoms with Gasteiger partial charge in [-0.1, -0.05) is 30.4 Å². The molecule has 1 atom stereocenters. The number of nitrogens with zero attached hydrogens (tertiary/aromatic N) is 1. The van der Waals surface area contributed by atoms with Crippen molar-refractivity contribution in [3.63, 3.8) is 0 Å². The lowest BCUT2D eigenvalue weighted by Gasteiger charge is -1.97. The van der Waals surface area contributed by atoms with Crippen molar-refractivity contribution < 1.29 is 0 Å². The normalized spacial score (nSPS) is 12.7. The van der Waals surface area contributed by atoms with Gasteiger partial charge in [0, 0.05) is 6.04 Å². The van der Waals surface area contributed by atoms with Crippen LogP contribution in [0.5, 0.6) is 0 Å². The lowest BCUT2D eigenvalue weighted by Crippen LogP contribution is -2.09. The number of nitrogens with two attached hydrogens (primary N) is 1. The van der Waals surface area contributed by atoms with Crippen LogP contribution in [-0.4, -0.2) is 6.04 Å². The van der Waals surface area contributed by atoms with E-state index < -0.39 is 0 Å². The first-order valence-corrected chi connectivity index (χ1v) is 4.17. The molecule has 0 fully saturated rings. The summed E-state index contributed by atoms with van der Waals surface area (Å²) in [5, 5.41) is 8.77. The molecule has 0 heterocycles. The highest BCUT2D eigenvalue weighted by Crippen LogP contribution is 2.09. The summed E-state index contributed by atoms with van der Waals surface area (Å²) in [6, 6.07) is 9.59. The molecule has 0 saturated heterocycles. The molecule has 0 spiro atoms. The zero-order valence-corrected chi connectivity index (χ0v) is 7.57. The van der Waals surface area contributed by atoms with E-state index in [9.17, 15) is 0 Å². The van der Waals surface area contributed by atoms with Crippen LogP contribution in [0.15, 0.2) is 30.3 Å². The van der Waals surface area contributed by atoms with Crippen molar-refractivity contribution >= 4 is 6.08 Å². The van der Waals surface area contributed by atoms with E-state index in [4.69, 9.17) is 11.0 Å². The number of rotatable bonds is 2. The Morgan fingerprint density at radius 3 is 2.77 bits per heavy atom. The molecule has 0 radical (unpaired) electrons. The largest absolute Gasteiger partial charge is 0.325 e. The van der Waals surface area contributed by atoms with Gasteiger partial charge in [0.15, 0.2) is 0 Å². The van der Waals surface area contributed by atoms with Gasteiger partial charge in [-0.2, -0.15) is 5.26 Å². The second-order valence-electron chi connectivity index (χ2n) is 2.92. The molecule has 1 aromatic carbocycles. The van der Waals surface area contributed by atoms with Crippen LogP contribution in [0.25, 0.3) is 6.08 Å². The van der Waals surface area contributed by atoms with Crippen LogP contribution >= 0.6 is 0 Å². The van der Waals surface area contributed by atoms with E-state index in [1.807, 2.05) is 37.3 Å². The highest BCUT2D eigenvalue weighted by atomic mass is 14.6. The summed E-state index contributed by atoms with van der Waals surface area (Å²) >= 11 is 0. The van der Waals surface area contributed by atoms with E-state index in [2.05, 4.69) is 6.07 Å². The van der Waals surface area contributed by atoms with E-state index in [1.54, 1.807) is 6.07 Å². The lowest BCUT2D eigenvalue weighted by atomic mass is 10.1. The molecule has 0 aliphatic carbocycles. The molecule has 0 aliphatic heterocycles. The van der Waals surface area contributed by atoms with Gasteiger partial charge in [-0.3, -0.25) is 0 Å². The molecule has 2 N–H and O–H groups in total. The first kappa shape index (κ1) is 9.50. The number of nitriles is 1. The standard InChI is InChI=1S/C11H12N2/c1-9(13)6-7-10-4-2-3-5-11(10)8-12/h2-7,9H,13H2,1H3/b7-6+. The van der Waals surface area contributed by atoms with Gasteiger partial charge in [-0.15, -0.1) is 0 Å². The van der Waals surface area contributed by atoms with Crippen LogP contribution < -0.4 is 5.73 Å². The first-order valence-electron chi connectivity index (χ1n) is 4.17. The maximum atomic E-state index is 8.77. The molecule has 0 saturated carbocycles. The lowest BCUT2D eigenvalue weighted by molar-refractivity contribution is 0.931. The molecule has 0 aromatic heterocycles. The van der Waals surface area contributed by atoms with E-state index in [-0.39, 0.29) is 6.04 Å². The zero-order valence-electron chi connectivity index (χ0n) is 7.57. The predicted octanol–water partition coefficient (Wildman–Crippen LogP) is 1.92. The molecule has 66 valence electrons. The molecule has 1 unspecified atom stereocenters. The number of benzene rings is 1. The van der Waals surface area contributed by atoms with Crippen molar-refractivity contribution in [3.8, 4) is 6.07 Å². The molecule has 0 amide bonds. The highest BCUT2D eigenvalue weighted by molar-refractivity contribution is 5.58. The van der Waals surface area contributed by atoms with Gasteiger partial charge >= 0.3 is 0 Å². The molecule has 1 rings (SSSR count). The van der Waals surface area contributed by atoms with Crippen LogP contribution in [0.3, 0.4) is 0 Å². The zero-order chi connectivity index (χ0) is 9.68. The number of hydrogen-bond donors (Lipinski definition) is 1. The van der Waals surface area contributed by atoms with Crippen molar-refractivity contribution in [2.75, 3.05) is 0 Å². The smallest absolute Gasteiger partial charge is 0.0997 e. The monoisotopic (exact) mass is 172 g/mol. The SMILES string of the molecule is CC(N)/C=C/c1ccccc1C#N. The fourth-order valence-corrected chi connectivity index (χ4v) is 1.000. The van der Waals surface area contributed by atoms with E-state index >= 15 is 0 Å². The molecular formula is C11H12N2.